The summed E-state index contributed by atoms with van der Waals surface area (Å²) in [6.07, 6.45) is 0. The zero-order chi connectivity index (χ0) is 15.1. The summed E-state index contributed by atoms with van der Waals surface area (Å²) in [5.41, 5.74) is 5.91. The summed E-state index contributed by atoms with van der Waals surface area (Å²) in [5, 5.41) is 2.49. The molecule has 0 saturated heterocycles. The third-order valence-corrected chi connectivity index (χ3v) is 2.53. The van der Waals surface area contributed by atoms with Gasteiger partial charge in [-0.05, 0) is 18.2 Å². The van der Waals surface area contributed by atoms with Crippen molar-refractivity contribution in [2.24, 2.45) is 5.73 Å². The Kier molecular flexibility index (Phi) is 8.52. The predicted molar refractivity (Wildman–Crippen MR) is 79.8 cm³/mol. The highest BCUT2D eigenvalue weighted by Crippen LogP contribution is 2.08. The summed E-state index contributed by atoms with van der Waals surface area (Å²) in [6, 6.07) is 4.69. The summed E-state index contributed by atoms with van der Waals surface area (Å²) >= 11 is 0. The molecule has 6 nitrogen and oxygen atoms in total. The van der Waals surface area contributed by atoms with Gasteiger partial charge in [0, 0.05) is 19.8 Å². The average molecular weight is 320 g/mol. The molecule has 1 rings (SSSR count). The Morgan fingerprint density at radius 1 is 1.48 bits per heavy atom. The van der Waals surface area contributed by atoms with Gasteiger partial charge in [0.25, 0.3) is 0 Å². The molecule has 21 heavy (non-hydrogen) atoms. The van der Waals surface area contributed by atoms with E-state index in [0.717, 1.165) is 0 Å². The number of ether oxygens (including phenoxy) is 1. The molecule has 0 aliphatic rings. The highest BCUT2D eigenvalue weighted by molar-refractivity contribution is 5.95. The fourth-order valence-electron chi connectivity index (χ4n) is 1.59. The maximum Gasteiger partial charge on any atom is 0.243 e. The first-order valence-corrected chi connectivity index (χ1v) is 5.99. The Morgan fingerprint density at radius 3 is 2.71 bits per heavy atom. The Bertz CT molecular complexity index is 487. The molecule has 0 saturated carbocycles. The molecule has 0 aliphatic heterocycles. The highest BCUT2D eigenvalue weighted by atomic mass is 35.5. The minimum atomic E-state index is -0.813. The first-order valence-electron chi connectivity index (χ1n) is 5.99. The van der Waals surface area contributed by atoms with Crippen molar-refractivity contribution >= 4 is 29.9 Å². The summed E-state index contributed by atoms with van der Waals surface area (Å²) < 4.78 is 17.7. The van der Waals surface area contributed by atoms with E-state index in [4.69, 9.17) is 10.5 Å². The second kappa shape index (κ2) is 9.28. The van der Waals surface area contributed by atoms with E-state index in [0.29, 0.717) is 5.69 Å². The van der Waals surface area contributed by atoms with Crippen LogP contribution in [0.25, 0.3) is 0 Å². The lowest BCUT2D eigenvalue weighted by molar-refractivity contribution is -0.135. The van der Waals surface area contributed by atoms with Gasteiger partial charge in [0.15, 0.2) is 0 Å². The van der Waals surface area contributed by atoms with Crippen molar-refractivity contribution < 1.29 is 18.7 Å². The molecule has 8 heteroatoms. The van der Waals surface area contributed by atoms with Crippen LogP contribution >= 0.6 is 12.4 Å². The van der Waals surface area contributed by atoms with Crippen LogP contribution in [0.3, 0.4) is 0 Å². The molecule has 0 aromatic heterocycles. The molecule has 118 valence electrons. The lowest BCUT2D eigenvalue weighted by Crippen LogP contribution is -2.46. The van der Waals surface area contributed by atoms with Crippen molar-refractivity contribution in [1.29, 1.82) is 0 Å². The number of halogens is 2. The molecular formula is C13H19ClFN3O3. The lowest BCUT2D eigenvalue weighted by atomic mass is 10.3. The number of rotatable bonds is 6. The van der Waals surface area contributed by atoms with Crippen LogP contribution in [0.4, 0.5) is 10.1 Å². The van der Waals surface area contributed by atoms with Crippen LogP contribution in [0.1, 0.15) is 0 Å². The van der Waals surface area contributed by atoms with Gasteiger partial charge in [-0.15, -0.1) is 12.4 Å². The van der Waals surface area contributed by atoms with Crippen molar-refractivity contribution in [1.82, 2.24) is 4.90 Å². The number of methoxy groups -OCH3 is 1. The number of amides is 2. The topological polar surface area (TPSA) is 84.7 Å². The molecule has 1 aromatic rings. The van der Waals surface area contributed by atoms with Crippen LogP contribution < -0.4 is 11.1 Å². The first-order chi connectivity index (χ1) is 9.43. The molecule has 0 aliphatic carbocycles. The summed E-state index contributed by atoms with van der Waals surface area (Å²) in [7, 11) is 2.90. The highest BCUT2D eigenvalue weighted by Gasteiger charge is 2.19. The molecule has 1 aromatic carbocycles. The van der Waals surface area contributed by atoms with Crippen LogP contribution in [0.5, 0.6) is 0 Å². The third-order valence-electron chi connectivity index (χ3n) is 2.53. The van der Waals surface area contributed by atoms with Gasteiger partial charge >= 0.3 is 0 Å². The SMILES string of the molecule is COCC(N)C(=O)N(C)CC(=O)Nc1cccc(F)c1.Cl. The number of carbonyl (C=O) groups is 2. The van der Waals surface area contributed by atoms with Crippen LogP contribution in [0.2, 0.25) is 0 Å². The van der Waals surface area contributed by atoms with Crippen LogP contribution in [0.15, 0.2) is 24.3 Å². The Balaban J connectivity index is 0.00000400. The van der Waals surface area contributed by atoms with E-state index < -0.39 is 23.7 Å². The van der Waals surface area contributed by atoms with Gasteiger partial charge in [-0.3, -0.25) is 9.59 Å². The minimum absolute atomic E-state index is 0. The standard InChI is InChI=1S/C13H18FN3O3.ClH/c1-17(13(19)11(15)8-20-2)7-12(18)16-10-5-3-4-9(14)6-10;/h3-6,11H,7-8,15H2,1-2H3,(H,16,18);1H. The van der Waals surface area contributed by atoms with Crippen LogP contribution in [-0.2, 0) is 14.3 Å². The Morgan fingerprint density at radius 2 is 2.14 bits per heavy atom. The van der Waals surface area contributed by atoms with Gasteiger partial charge in [0.05, 0.1) is 13.2 Å². The van der Waals surface area contributed by atoms with Crippen molar-refractivity contribution in [2.45, 2.75) is 6.04 Å². The normalized spacial score (nSPS) is 11.2. The largest absolute Gasteiger partial charge is 0.383 e. The van der Waals surface area contributed by atoms with Crippen molar-refractivity contribution in [2.75, 3.05) is 32.6 Å². The number of anilines is 1. The molecule has 1 atom stereocenters. The summed E-state index contributed by atoms with van der Waals surface area (Å²) in [5.74, 6) is -1.29. The monoisotopic (exact) mass is 319 g/mol. The molecule has 0 bridgehead atoms. The number of benzene rings is 1. The third kappa shape index (κ3) is 6.52. The molecule has 0 spiro atoms. The van der Waals surface area contributed by atoms with Crippen molar-refractivity contribution in [3.05, 3.63) is 30.1 Å². The minimum Gasteiger partial charge on any atom is -0.383 e. The number of hydrogen-bond donors (Lipinski definition) is 2. The van der Waals surface area contributed by atoms with Gasteiger partial charge < -0.3 is 20.7 Å². The van der Waals surface area contributed by atoms with Crippen molar-refractivity contribution in [3.63, 3.8) is 0 Å². The number of nitrogens with two attached hydrogens (primary N) is 1. The number of nitrogens with zero attached hydrogens (tertiary/aromatic N) is 1. The Labute approximate surface area is 128 Å². The quantitative estimate of drug-likeness (QED) is 0.805. The van der Waals surface area contributed by atoms with Gasteiger partial charge in [0.2, 0.25) is 11.8 Å². The van der Waals surface area contributed by atoms with E-state index in [1.165, 1.54) is 37.3 Å². The lowest BCUT2D eigenvalue weighted by Gasteiger charge is -2.20. The summed E-state index contributed by atoms with van der Waals surface area (Å²) in [6.45, 7) is -0.0958. The number of carbonyl (C=O) groups excluding carboxylic acids is 2. The number of hydrogen-bond acceptors (Lipinski definition) is 4. The second-order valence-electron chi connectivity index (χ2n) is 4.31. The van der Waals surface area contributed by atoms with Crippen LogP contribution in [-0.4, -0.2) is 50.1 Å². The molecule has 3 N–H and O–H groups in total. The molecule has 0 fully saturated rings. The van der Waals surface area contributed by atoms with E-state index in [-0.39, 0.29) is 25.6 Å². The fourth-order valence-corrected chi connectivity index (χ4v) is 1.59. The molecule has 0 heterocycles. The van der Waals surface area contributed by atoms with E-state index >= 15 is 0 Å². The second-order valence-corrected chi connectivity index (χ2v) is 4.31. The molecule has 2 amide bonds. The van der Waals surface area contributed by atoms with E-state index in [9.17, 15) is 14.0 Å². The zero-order valence-electron chi connectivity index (χ0n) is 11.8. The van der Waals surface area contributed by atoms with Gasteiger partial charge in [0.1, 0.15) is 11.9 Å². The molecule has 1 unspecified atom stereocenters. The van der Waals surface area contributed by atoms with Crippen molar-refractivity contribution in [3.8, 4) is 0 Å². The first kappa shape index (κ1) is 19.3. The van der Waals surface area contributed by atoms with Gasteiger partial charge in [-0.1, -0.05) is 6.07 Å². The van der Waals surface area contributed by atoms with Gasteiger partial charge in [-0.2, -0.15) is 0 Å². The fraction of sp³-hybridized carbons (Fsp3) is 0.385. The number of nitrogens with one attached hydrogen (secondary N) is 1. The predicted octanol–water partition coefficient (Wildman–Crippen LogP) is 0.618. The maximum atomic E-state index is 13.0. The molecule has 0 radical (unpaired) electrons. The van der Waals surface area contributed by atoms with Gasteiger partial charge in [-0.25, -0.2) is 4.39 Å². The van der Waals surface area contributed by atoms with E-state index in [1.807, 2.05) is 0 Å². The molecular weight excluding hydrogens is 301 g/mol. The smallest absolute Gasteiger partial charge is 0.243 e. The Hall–Kier alpha value is -1.70. The average Bonchev–Trinajstić information content (AvgIpc) is 2.37. The van der Waals surface area contributed by atoms with E-state index in [1.54, 1.807) is 6.07 Å². The zero-order valence-corrected chi connectivity index (χ0v) is 12.7. The summed E-state index contributed by atoms with van der Waals surface area (Å²) in [4.78, 5) is 24.7. The number of likely N-dealkylation sites (N-methyl/N-ethyl adjacent to an activating group) is 1. The van der Waals surface area contributed by atoms with Crippen LogP contribution in [0, 0.1) is 5.82 Å². The van der Waals surface area contributed by atoms with E-state index in [2.05, 4.69) is 5.32 Å². The maximum absolute atomic E-state index is 13.0.